The Hall–Kier alpha value is -2.29. The van der Waals surface area contributed by atoms with Crippen molar-refractivity contribution in [1.29, 1.82) is 0 Å². The molecule has 0 aliphatic heterocycles. The second-order valence-electron chi connectivity index (χ2n) is 6.96. The van der Waals surface area contributed by atoms with E-state index < -0.39 is 0 Å². The number of benzene rings is 2. The van der Waals surface area contributed by atoms with E-state index in [-0.39, 0.29) is 17.9 Å². The summed E-state index contributed by atoms with van der Waals surface area (Å²) >= 11 is 0. The molecule has 0 fully saturated rings. The summed E-state index contributed by atoms with van der Waals surface area (Å²) in [6, 6.07) is 18.0. The van der Waals surface area contributed by atoms with Crippen LogP contribution in [0.15, 0.2) is 54.6 Å². The third-order valence-corrected chi connectivity index (χ3v) is 4.03. The van der Waals surface area contributed by atoms with Crippen LogP contribution in [-0.2, 0) is 16.8 Å². The zero-order valence-corrected chi connectivity index (χ0v) is 15.1. The third-order valence-electron chi connectivity index (χ3n) is 4.03. The Morgan fingerprint density at radius 1 is 1.00 bits per heavy atom. The molecule has 0 aliphatic rings. The van der Waals surface area contributed by atoms with Gasteiger partial charge in [0.1, 0.15) is 5.75 Å². The second-order valence-corrected chi connectivity index (χ2v) is 6.96. The lowest BCUT2D eigenvalue weighted by molar-refractivity contribution is -0.133. The summed E-state index contributed by atoms with van der Waals surface area (Å²) in [5.41, 5.74) is 2.49. The molecule has 0 saturated heterocycles. The Labute approximate surface area is 145 Å². The van der Waals surface area contributed by atoms with Gasteiger partial charge in [0, 0.05) is 13.1 Å². The number of hydrogen-bond donors (Lipinski definition) is 0. The molecular formula is C21H27NO2. The van der Waals surface area contributed by atoms with Crippen LogP contribution in [-0.4, -0.2) is 24.0 Å². The summed E-state index contributed by atoms with van der Waals surface area (Å²) in [5, 5.41) is 0. The minimum Gasteiger partial charge on any atom is -0.484 e. The van der Waals surface area contributed by atoms with Crippen molar-refractivity contribution in [2.75, 3.05) is 13.2 Å². The standard InChI is InChI=1S/C21H27NO2/c1-5-22(15-17-9-7-6-8-10-17)20(23)16-24-19-13-11-18(12-14-19)21(2,3)4/h6-14H,5,15-16H2,1-4H3. The van der Waals surface area contributed by atoms with E-state index in [1.165, 1.54) is 5.56 Å². The van der Waals surface area contributed by atoms with Crippen molar-refractivity contribution < 1.29 is 9.53 Å². The maximum Gasteiger partial charge on any atom is 0.260 e. The minimum absolute atomic E-state index is 0.00116. The van der Waals surface area contributed by atoms with Crippen LogP contribution in [0.1, 0.15) is 38.8 Å². The normalized spacial score (nSPS) is 11.2. The van der Waals surface area contributed by atoms with Gasteiger partial charge in [-0.1, -0.05) is 63.2 Å². The molecule has 0 N–H and O–H groups in total. The van der Waals surface area contributed by atoms with Crippen LogP contribution in [0.3, 0.4) is 0 Å². The summed E-state index contributed by atoms with van der Waals surface area (Å²) in [7, 11) is 0. The Morgan fingerprint density at radius 3 is 2.17 bits per heavy atom. The summed E-state index contributed by atoms with van der Waals surface area (Å²) < 4.78 is 5.66. The molecule has 3 heteroatoms. The van der Waals surface area contributed by atoms with Crippen LogP contribution >= 0.6 is 0 Å². The number of hydrogen-bond acceptors (Lipinski definition) is 2. The predicted molar refractivity (Wildman–Crippen MR) is 98.2 cm³/mol. The molecule has 128 valence electrons. The molecule has 0 spiro atoms. The highest BCUT2D eigenvalue weighted by molar-refractivity contribution is 5.77. The van der Waals surface area contributed by atoms with Crippen LogP contribution in [0.5, 0.6) is 5.75 Å². The van der Waals surface area contributed by atoms with E-state index in [1.807, 2.05) is 49.4 Å². The lowest BCUT2D eigenvalue weighted by Gasteiger charge is -2.22. The Bertz CT molecular complexity index is 642. The highest BCUT2D eigenvalue weighted by atomic mass is 16.5. The fourth-order valence-corrected chi connectivity index (χ4v) is 2.47. The van der Waals surface area contributed by atoms with E-state index >= 15 is 0 Å². The topological polar surface area (TPSA) is 29.5 Å². The van der Waals surface area contributed by atoms with E-state index in [2.05, 4.69) is 32.9 Å². The van der Waals surface area contributed by atoms with Crippen molar-refractivity contribution >= 4 is 5.91 Å². The molecule has 24 heavy (non-hydrogen) atoms. The van der Waals surface area contributed by atoms with Gasteiger partial charge in [-0.05, 0) is 35.6 Å². The molecule has 0 aliphatic carbocycles. The van der Waals surface area contributed by atoms with Gasteiger partial charge in [-0.2, -0.15) is 0 Å². The average molecular weight is 325 g/mol. The number of carbonyl (C=O) groups is 1. The monoisotopic (exact) mass is 325 g/mol. The molecule has 0 aromatic heterocycles. The fraction of sp³-hybridized carbons (Fsp3) is 0.381. The zero-order valence-electron chi connectivity index (χ0n) is 15.1. The first kappa shape index (κ1) is 18.1. The Kier molecular flexibility index (Phi) is 6.02. The largest absolute Gasteiger partial charge is 0.484 e. The molecule has 0 bridgehead atoms. The smallest absolute Gasteiger partial charge is 0.260 e. The van der Waals surface area contributed by atoms with E-state index in [4.69, 9.17) is 4.74 Å². The molecular weight excluding hydrogens is 298 g/mol. The van der Waals surface area contributed by atoms with Crippen LogP contribution < -0.4 is 4.74 Å². The number of likely N-dealkylation sites (N-methyl/N-ethyl adjacent to an activating group) is 1. The van der Waals surface area contributed by atoms with E-state index in [0.717, 1.165) is 11.3 Å². The quantitative estimate of drug-likeness (QED) is 0.787. The molecule has 3 nitrogen and oxygen atoms in total. The zero-order chi connectivity index (χ0) is 17.6. The van der Waals surface area contributed by atoms with Crippen molar-refractivity contribution in [3.8, 4) is 5.75 Å². The average Bonchev–Trinajstić information content (AvgIpc) is 2.58. The SMILES string of the molecule is CCN(Cc1ccccc1)C(=O)COc1ccc(C(C)(C)C)cc1. The summed E-state index contributed by atoms with van der Waals surface area (Å²) in [4.78, 5) is 14.2. The van der Waals surface area contributed by atoms with Crippen molar-refractivity contribution in [3.63, 3.8) is 0 Å². The minimum atomic E-state index is 0.00116. The summed E-state index contributed by atoms with van der Waals surface area (Å²) in [6.45, 7) is 9.86. The van der Waals surface area contributed by atoms with Gasteiger partial charge in [-0.15, -0.1) is 0 Å². The van der Waals surface area contributed by atoms with Crippen LogP contribution in [0.25, 0.3) is 0 Å². The summed E-state index contributed by atoms with van der Waals surface area (Å²) in [6.07, 6.45) is 0. The molecule has 2 aromatic rings. The molecule has 0 atom stereocenters. The molecule has 2 rings (SSSR count). The van der Waals surface area contributed by atoms with Gasteiger partial charge in [0.2, 0.25) is 0 Å². The lowest BCUT2D eigenvalue weighted by Crippen LogP contribution is -2.34. The maximum atomic E-state index is 12.4. The molecule has 0 radical (unpaired) electrons. The third kappa shape index (κ3) is 5.12. The van der Waals surface area contributed by atoms with Gasteiger partial charge in [0.05, 0.1) is 0 Å². The van der Waals surface area contributed by atoms with Crippen LogP contribution in [0.4, 0.5) is 0 Å². The molecule has 0 unspecified atom stereocenters. The second kappa shape index (κ2) is 8.00. The number of nitrogens with zero attached hydrogens (tertiary/aromatic N) is 1. The van der Waals surface area contributed by atoms with Gasteiger partial charge in [0.15, 0.2) is 6.61 Å². The van der Waals surface area contributed by atoms with Crippen molar-refractivity contribution in [3.05, 3.63) is 65.7 Å². The molecule has 2 aromatic carbocycles. The molecule has 0 saturated carbocycles. The number of amides is 1. The number of ether oxygens (including phenoxy) is 1. The summed E-state index contributed by atoms with van der Waals surface area (Å²) in [5.74, 6) is 0.730. The first-order valence-corrected chi connectivity index (χ1v) is 8.45. The van der Waals surface area contributed by atoms with E-state index in [1.54, 1.807) is 4.90 Å². The van der Waals surface area contributed by atoms with Crippen LogP contribution in [0.2, 0.25) is 0 Å². The van der Waals surface area contributed by atoms with Crippen molar-refractivity contribution in [2.45, 2.75) is 39.7 Å². The Balaban J connectivity index is 1.91. The van der Waals surface area contributed by atoms with Gasteiger partial charge in [-0.25, -0.2) is 0 Å². The van der Waals surface area contributed by atoms with Crippen molar-refractivity contribution in [1.82, 2.24) is 4.90 Å². The first-order valence-electron chi connectivity index (χ1n) is 8.45. The highest BCUT2D eigenvalue weighted by Gasteiger charge is 2.15. The van der Waals surface area contributed by atoms with Crippen molar-refractivity contribution in [2.24, 2.45) is 0 Å². The van der Waals surface area contributed by atoms with Gasteiger partial charge in [-0.3, -0.25) is 4.79 Å². The van der Waals surface area contributed by atoms with Crippen LogP contribution in [0, 0.1) is 0 Å². The lowest BCUT2D eigenvalue weighted by atomic mass is 9.87. The van der Waals surface area contributed by atoms with Gasteiger partial charge < -0.3 is 9.64 Å². The highest BCUT2D eigenvalue weighted by Crippen LogP contribution is 2.24. The van der Waals surface area contributed by atoms with Gasteiger partial charge >= 0.3 is 0 Å². The Morgan fingerprint density at radius 2 is 1.62 bits per heavy atom. The number of rotatable bonds is 6. The van der Waals surface area contributed by atoms with Gasteiger partial charge in [0.25, 0.3) is 5.91 Å². The number of carbonyl (C=O) groups excluding carboxylic acids is 1. The predicted octanol–water partition coefficient (Wildman–Crippen LogP) is 4.41. The van der Waals surface area contributed by atoms with E-state index in [0.29, 0.717) is 13.1 Å². The molecule has 0 heterocycles. The van der Waals surface area contributed by atoms with E-state index in [9.17, 15) is 4.79 Å². The molecule has 1 amide bonds. The fourth-order valence-electron chi connectivity index (χ4n) is 2.47. The first-order chi connectivity index (χ1) is 11.4. The maximum absolute atomic E-state index is 12.4.